The first-order valence-corrected chi connectivity index (χ1v) is 6.38. The third kappa shape index (κ3) is 2.37. The second kappa shape index (κ2) is 5.34. The Hall–Kier alpha value is -2.34. The Morgan fingerprint density at radius 2 is 2.00 bits per heavy atom. The van der Waals surface area contributed by atoms with Crippen LogP contribution in [0.5, 0.6) is 5.75 Å². The number of benzene rings is 1. The van der Waals surface area contributed by atoms with Crippen LogP contribution in [0.25, 0.3) is 11.3 Å². The van der Waals surface area contributed by atoms with Crippen LogP contribution in [0, 0.1) is 0 Å². The van der Waals surface area contributed by atoms with Crippen LogP contribution < -0.4 is 0 Å². The predicted molar refractivity (Wildman–Crippen MR) is 70.3 cm³/mol. The molecule has 1 fully saturated rings. The van der Waals surface area contributed by atoms with Crippen LogP contribution in [-0.2, 0) is 4.74 Å². The molecular weight excluding hydrogens is 260 g/mol. The molecule has 6 heteroatoms. The SMILES string of the molecule is O=C(c1cc(-c2ccccc2O)no1)N1CCOCC1. The molecule has 0 saturated carbocycles. The summed E-state index contributed by atoms with van der Waals surface area (Å²) in [4.78, 5) is 13.9. The van der Waals surface area contributed by atoms with Crippen molar-refractivity contribution in [2.75, 3.05) is 26.3 Å². The van der Waals surface area contributed by atoms with Crippen molar-refractivity contribution in [2.45, 2.75) is 0 Å². The van der Waals surface area contributed by atoms with E-state index in [0.29, 0.717) is 37.6 Å². The number of ether oxygens (including phenoxy) is 1. The smallest absolute Gasteiger partial charge is 0.292 e. The minimum absolute atomic E-state index is 0.103. The van der Waals surface area contributed by atoms with Crippen LogP contribution >= 0.6 is 0 Å². The summed E-state index contributed by atoms with van der Waals surface area (Å²) < 4.78 is 10.3. The van der Waals surface area contributed by atoms with Gasteiger partial charge >= 0.3 is 0 Å². The molecule has 0 bridgehead atoms. The number of morpholine rings is 1. The molecule has 1 aromatic carbocycles. The highest BCUT2D eigenvalue weighted by Crippen LogP contribution is 2.28. The Kier molecular flexibility index (Phi) is 3.39. The largest absolute Gasteiger partial charge is 0.507 e. The standard InChI is InChI=1S/C14H14N2O4/c17-12-4-2-1-3-10(12)11-9-13(20-15-11)14(18)16-5-7-19-8-6-16/h1-4,9,17H,5-8H2. The average molecular weight is 274 g/mol. The highest BCUT2D eigenvalue weighted by molar-refractivity contribution is 5.92. The minimum Gasteiger partial charge on any atom is -0.507 e. The van der Waals surface area contributed by atoms with Crippen molar-refractivity contribution < 1.29 is 19.2 Å². The zero-order valence-corrected chi connectivity index (χ0v) is 10.8. The van der Waals surface area contributed by atoms with E-state index in [1.54, 1.807) is 35.2 Å². The van der Waals surface area contributed by atoms with Crippen LogP contribution in [0.3, 0.4) is 0 Å². The van der Waals surface area contributed by atoms with Gasteiger partial charge in [-0.3, -0.25) is 4.79 Å². The van der Waals surface area contributed by atoms with Gasteiger partial charge in [0.05, 0.1) is 13.2 Å². The topological polar surface area (TPSA) is 75.8 Å². The Morgan fingerprint density at radius 1 is 1.25 bits per heavy atom. The van der Waals surface area contributed by atoms with Crippen molar-refractivity contribution in [3.05, 3.63) is 36.1 Å². The van der Waals surface area contributed by atoms with Crippen molar-refractivity contribution in [1.29, 1.82) is 0 Å². The Morgan fingerprint density at radius 3 is 2.75 bits per heavy atom. The summed E-state index contributed by atoms with van der Waals surface area (Å²) in [6.45, 7) is 2.16. The van der Waals surface area contributed by atoms with E-state index in [-0.39, 0.29) is 17.4 Å². The number of hydrogen-bond donors (Lipinski definition) is 1. The van der Waals surface area contributed by atoms with Gasteiger partial charge in [-0.05, 0) is 12.1 Å². The average Bonchev–Trinajstić information content (AvgIpc) is 2.97. The highest BCUT2D eigenvalue weighted by atomic mass is 16.5. The zero-order valence-electron chi connectivity index (χ0n) is 10.8. The minimum atomic E-state index is -0.206. The van der Waals surface area contributed by atoms with Gasteiger partial charge in [-0.25, -0.2) is 0 Å². The van der Waals surface area contributed by atoms with Gasteiger partial charge in [-0.15, -0.1) is 0 Å². The number of phenols is 1. The van der Waals surface area contributed by atoms with Gasteiger partial charge in [0.2, 0.25) is 5.76 Å². The zero-order chi connectivity index (χ0) is 13.9. The lowest BCUT2D eigenvalue weighted by atomic mass is 10.1. The van der Waals surface area contributed by atoms with Gasteiger partial charge in [0.25, 0.3) is 5.91 Å². The van der Waals surface area contributed by atoms with Crippen molar-refractivity contribution in [2.24, 2.45) is 0 Å². The molecule has 1 N–H and O–H groups in total. The molecular formula is C14H14N2O4. The number of aromatic hydroxyl groups is 1. The fraction of sp³-hybridized carbons (Fsp3) is 0.286. The second-order valence-corrected chi connectivity index (χ2v) is 4.50. The first-order valence-electron chi connectivity index (χ1n) is 6.38. The summed E-state index contributed by atoms with van der Waals surface area (Å²) >= 11 is 0. The molecule has 6 nitrogen and oxygen atoms in total. The molecule has 1 amide bonds. The van der Waals surface area contributed by atoms with Gasteiger partial charge in [0, 0.05) is 24.7 Å². The summed E-state index contributed by atoms with van der Waals surface area (Å²) in [6.07, 6.45) is 0. The third-order valence-electron chi connectivity index (χ3n) is 3.20. The molecule has 0 spiro atoms. The number of carbonyl (C=O) groups is 1. The predicted octanol–water partition coefficient (Wildman–Crippen LogP) is 1.52. The quantitative estimate of drug-likeness (QED) is 0.898. The van der Waals surface area contributed by atoms with Crippen LogP contribution in [0.1, 0.15) is 10.6 Å². The number of hydrogen-bond acceptors (Lipinski definition) is 5. The van der Waals surface area contributed by atoms with Crippen LogP contribution in [0.4, 0.5) is 0 Å². The summed E-state index contributed by atoms with van der Waals surface area (Å²) in [5.41, 5.74) is 0.983. The van der Waals surface area contributed by atoms with Crippen molar-refractivity contribution in [3.63, 3.8) is 0 Å². The van der Waals surface area contributed by atoms with Gasteiger partial charge in [0.15, 0.2) is 0 Å². The molecule has 1 aromatic heterocycles. The molecule has 0 aliphatic carbocycles. The summed E-state index contributed by atoms with van der Waals surface area (Å²) in [5.74, 6) is 0.0683. The maximum atomic E-state index is 12.2. The molecule has 3 rings (SSSR count). The molecule has 0 unspecified atom stereocenters. The van der Waals surface area contributed by atoms with E-state index in [0.717, 1.165) is 0 Å². The molecule has 0 atom stereocenters. The molecule has 2 aromatic rings. The number of carbonyl (C=O) groups excluding carboxylic acids is 1. The molecule has 104 valence electrons. The molecule has 1 aliphatic rings. The number of amides is 1. The van der Waals surface area contributed by atoms with E-state index < -0.39 is 0 Å². The van der Waals surface area contributed by atoms with E-state index in [2.05, 4.69) is 5.16 Å². The van der Waals surface area contributed by atoms with Gasteiger partial charge in [-0.2, -0.15) is 0 Å². The van der Waals surface area contributed by atoms with Gasteiger partial charge in [-0.1, -0.05) is 17.3 Å². The lowest BCUT2D eigenvalue weighted by Crippen LogP contribution is -2.40. The van der Waals surface area contributed by atoms with Gasteiger partial charge in [0.1, 0.15) is 11.4 Å². The highest BCUT2D eigenvalue weighted by Gasteiger charge is 2.23. The van der Waals surface area contributed by atoms with Crippen LogP contribution in [0.2, 0.25) is 0 Å². The van der Waals surface area contributed by atoms with Crippen molar-refractivity contribution in [1.82, 2.24) is 10.1 Å². The second-order valence-electron chi connectivity index (χ2n) is 4.50. The molecule has 0 radical (unpaired) electrons. The van der Waals surface area contributed by atoms with E-state index in [4.69, 9.17) is 9.26 Å². The maximum absolute atomic E-state index is 12.2. The number of rotatable bonds is 2. The van der Waals surface area contributed by atoms with E-state index in [9.17, 15) is 9.90 Å². The van der Waals surface area contributed by atoms with E-state index >= 15 is 0 Å². The fourth-order valence-electron chi connectivity index (χ4n) is 2.12. The monoisotopic (exact) mass is 274 g/mol. The Bertz CT molecular complexity index is 617. The summed E-state index contributed by atoms with van der Waals surface area (Å²) in [7, 11) is 0. The van der Waals surface area contributed by atoms with Crippen LogP contribution in [0.15, 0.2) is 34.9 Å². The number of nitrogens with zero attached hydrogens (tertiary/aromatic N) is 2. The first-order chi connectivity index (χ1) is 9.75. The lowest BCUT2D eigenvalue weighted by molar-refractivity contribution is 0.0277. The Labute approximate surface area is 115 Å². The number of para-hydroxylation sites is 1. The third-order valence-corrected chi connectivity index (χ3v) is 3.20. The summed E-state index contributed by atoms with van der Waals surface area (Å²) in [6, 6.07) is 8.34. The molecule has 20 heavy (non-hydrogen) atoms. The normalized spacial score (nSPS) is 15.3. The Balaban J connectivity index is 1.83. The summed E-state index contributed by atoms with van der Waals surface area (Å²) in [5, 5.41) is 13.6. The fourth-order valence-corrected chi connectivity index (χ4v) is 2.12. The van der Waals surface area contributed by atoms with E-state index in [1.165, 1.54) is 0 Å². The molecule has 1 aliphatic heterocycles. The van der Waals surface area contributed by atoms with E-state index in [1.807, 2.05) is 0 Å². The first kappa shape index (κ1) is 12.7. The van der Waals surface area contributed by atoms with Crippen molar-refractivity contribution >= 4 is 5.91 Å². The number of phenolic OH excluding ortho intramolecular Hbond substituents is 1. The van der Waals surface area contributed by atoms with Gasteiger partial charge < -0.3 is 19.3 Å². The lowest BCUT2D eigenvalue weighted by Gasteiger charge is -2.25. The van der Waals surface area contributed by atoms with Crippen LogP contribution in [-0.4, -0.2) is 47.4 Å². The number of aromatic nitrogens is 1. The molecule has 1 saturated heterocycles. The maximum Gasteiger partial charge on any atom is 0.292 e. The molecule has 2 heterocycles. The van der Waals surface area contributed by atoms with Crippen molar-refractivity contribution in [3.8, 4) is 17.0 Å².